The first-order chi connectivity index (χ1) is 10.7. The zero-order valence-corrected chi connectivity index (χ0v) is 16.3. The van der Waals surface area contributed by atoms with Crippen LogP contribution in [-0.4, -0.2) is 20.7 Å². The van der Waals surface area contributed by atoms with Gasteiger partial charge in [-0.15, -0.1) is 0 Å². The van der Waals surface area contributed by atoms with Gasteiger partial charge in [-0.05, 0) is 35.4 Å². The summed E-state index contributed by atoms with van der Waals surface area (Å²) in [5.74, 6) is 0.339. The Hall–Kier alpha value is -1.35. The fraction of sp³-hybridized carbons (Fsp3) is 0.550. The van der Waals surface area contributed by atoms with E-state index in [4.69, 9.17) is 4.74 Å². The highest BCUT2D eigenvalue weighted by Gasteiger charge is 2.47. The van der Waals surface area contributed by atoms with Crippen molar-refractivity contribution in [2.45, 2.75) is 52.2 Å². The molecule has 2 nitrogen and oxygen atoms in total. The summed E-state index contributed by atoms with van der Waals surface area (Å²) in [7, 11) is -1.57. The first-order valence-corrected chi connectivity index (χ1v) is 11.7. The molecule has 0 heterocycles. The molecule has 0 N–H and O–H groups in total. The van der Waals surface area contributed by atoms with Crippen LogP contribution in [-0.2, 0) is 9.53 Å². The van der Waals surface area contributed by atoms with Crippen LogP contribution in [0.3, 0.4) is 0 Å². The molecule has 0 saturated heterocycles. The lowest BCUT2D eigenvalue weighted by Gasteiger charge is -2.35. The third-order valence-corrected chi connectivity index (χ3v) is 10.2. The Morgan fingerprint density at radius 2 is 1.83 bits per heavy atom. The van der Waals surface area contributed by atoms with E-state index < -0.39 is 8.07 Å². The lowest BCUT2D eigenvalue weighted by molar-refractivity contribution is -0.144. The summed E-state index contributed by atoms with van der Waals surface area (Å²) in [5.41, 5.74) is 5.14. The quantitative estimate of drug-likeness (QED) is 0.540. The summed E-state index contributed by atoms with van der Waals surface area (Å²) < 4.78 is 5.22. The summed E-state index contributed by atoms with van der Waals surface area (Å²) in [6.07, 6.45) is 0.925. The zero-order chi connectivity index (χ0) is 17.3. The van der Waals surface area contributed by atoms with Gasteiger partial charge in [0.15, 0.2) is 0 Å². The van der Waals surface area contributed by atoms with Crippen LogP contribution in [0, 0.1) is 11.8 Å². The highest BCUT2D eigenvalue weighted by Crippen LogP contribution is 2.50. The molecular formula is C20H30O2Si. The minimum Gasteiger partial charge on any atom is -0.466 e. The second-order valence-electron chi connectivity index (χ2n) is 8.14. The molecule has 1 aromatic rings. The average molecular weight is 331 g/mol. The summed E-state index contributed by atoms with van der Waals surface area (Å²) in [5, 5.41) is 0.293. The number of rotatable bonds is 5. The van der Waals surface area contributed by atoms with Crippen LogP contribution in [0.15, 0.2) is 36.0 Å². The standard InChI is InChI=1S/C20H30O2Si/c1-7-22-19(21)17-13-16(17)18(15-11-9-8-10-12-15)14-23(5,6)20(2,3)4/h8-12,14,16-17H,7,13H2,1-6H3/b18-14-/t16-,17-/m1/s1. The van der Waals surface area contributed by atoms with Crippen LogP contribution in [0.25, 0.3) is 5.57 Å². The van der Waals surface area contributed by atoms with E-state index in [1.807, 2.05) is 13.0 Å². The number of allylic oxidation sites excluding steroid dienone is 1. The number of hydrogen-bond donors (Lipinski definition) is 0. The molecule has 1 aromatic carbocycles. The monoisotopic (exact) mass is 330 g/mol. The van der Waals surface area contributed by atoms with E-state index in [0.29, 0.717) is 17.6 Å². The Balaban J connectivity index is 2.34. The molecule has 1 aliphatic carbocycles. The lowest BCUT2D eigenvalue weighted by Crippen LogP contribution is -2.35. The van der Waals surface area contributed by atoms with Crippen molar-refractivity contribution >= 4 is 19.6 Å². The minimum atomic E-state index is -1.57. The molecule has 0 bridgehead atoms. The Kier molecular flexibility index (Phi) is 5.19. The van der Waals surface area contributed by atoms with E-state index >= 15 is 0 Å². The highest BCUT2D eigenvalue weighted by molar-refractivity contribution is 6.85. The molecule has 2 atom stereocenters. The van der Waals surface area contributed by atoms with Crippen molar-refractivity contribution in [3.8, 4) is 0 Å². The highest BCUT2D eigenvalue weighted by atomic mass is 28.3. The number of benzene rings is 1. The molecule has 0 amide bonds. The zero-order valence-electron chi connectivity index (χ0n) is 15.3. The third-order valence-electron chi connectivity index (χ3n) is 5.34. The normalized spacial score (nSPS) is 21.9. The number of carbonyl (C=O) groups excluding carboxylic acids is 1. The van der Waals surface area contributed by atoms with E-state index in [0.717, 1.165) is 6.42 Å². The molecule has 3 heteroatoms. The van der Waals surface area contributed by atoms with Crippen LogP contribution >= 0.6 is 0 Å². The largest absolute Gasteiger partial charge is 0.466 e. The Labute approximate surface area is 142 Å². The van der Waals surface area contributed by atoms with Crippen molar-refractivity contribution in [3.05, 3.63) is 41.6 Å². The van der Waals surface area contributed by atoms with Crippen molar-refractivity contribution in [2.24, 2.45) is 11.8 Å². The van der Waals surface area contributed by atoms with Crippen LogP contribution in [0.2, 0.25) is 18.1 Å². The number of hydrogen-bond acceptors (Lipinski definition) is 2. The van der Waals surface area contributed by atoms with Gasteiger partial charge in [-0.25, -0.2) is 0 Å². The van der Waals surface area contributed by atoms with E-state index in [1.54, 1.807) is 0 Å². The van der Waals surface area contributed by atoms with Crippen LogP contribution in [0.4, 0.5) is 0 Å². The van der Waals surface area contributed by atoms with Gasteiger partial charge >= 0.3 is 5.97 Å². The van der Waals surface area contributed by atoms with E-state index in [-0.39, 0.29) is 11.9 Å². The van der Waals surface area contributed by atoms with Gasteiger partial charge in [-0.2, -0.15) is 0 Å². The van der Waals surface area contributed by atoms with Crippen molar-refractivity contribution in [1.29, 1.82) is 0 Å². The van der Waals surface area contributed by atoms with E-state index in [9.17, 15) is 4.79 Å². The Morgan fingerprint density at radius 3 is 2.35 bits per heavy atom. The van der Waals surface area contributed by atoms with Gasteiger partial charge in [0.1, 0.15) is 0 Å². The summed E-state index contributed by atoms with van der Waals surface area (Å²) >= 11 is 0. The summed E-state index contributed by atoms with van der Waals surface area (Å²) in [6.45, 7) is 14.2. The Morgan fingerprint density at radius 1 is 1.22 bits per heavy atom. The predicted molar refractivity (Wildman–Crippen MR) is 99.8 cm³/mol. The second-order valence-corrected chi connectivity index (χ2v) is 13.4. The summed E-state index contributed by atoms with van der Waals surface area (Å²) in [6, 6.07) is 10.5. The lowest BCUT2D eigenvalue weighted by atomic mass is 10.0. The SMILES string of the molecule is CCOC(=O)[C@@H]1C[C@H]1/C(=C\[Si](C)(C)C(C)(C)C)c1ccccc1. The fourth-order valence-electron chi connectivity index (χ4n) is 2.69. The first-order valence-electron chi connectivity index (χ1n) is 8.62. The minimum absolute atomic E-state index is 0.0328. The van der Waals surface area contributed by atoms with Gasteiger partial charge in [0.05, 0.1) is 20.6 Å². The van der Waals surface area contributed by atoms with Crippen LogP contribution in [0.5, 0.6) is 0 Å². The molecule has 2 rings (SSSR count). The molecule has 1 fully saturated rings. The van der Waals surface area contributed by atoms with Gasteiger partial charge < -0.3 is 4.74 Å². The van der Waals surface area contributed by atoms with Gasteiger partial charge in [0.2, 0.25) is 0 Å². The first kappa shape index (κ1) is 18.0. The van der Waals surface area contributed by atoms with E-state index in [2.05, 4.69) is 63.8 Å². The molecule has 126 valence electrons. The topological polar surface area (TPSA) is 26.3 Å². The van der Waals surface area contributed by atoms with Gasteiger partial charge in [-0.1, -0.05) is 69.9 Å². The molecule has 23 heavy (non-hydrogen) atoms. The van der Waals surface area contributed by atoms with Crippen molar-refractivity contribution in [1.82, 2.24) is 0 Å². The molecule has 1 saturated carbocycles. The van der Waals surface area contributed by atoms with Gasteiger partial charge in [0, 0.05) is 0 Å². The van der Waals surface area contributed by atoms with Crippen LogP contribution < -0.4 is 0 Å². The average Bonchev–Trinajstić information content (AvgIpc) is 3.25. The second kappa shape index (κ2) is 6.64. The molecule has 0 aromatic heterocycles. The molecule has 1 aliphatic rings. The van der Waals surface area contributed by atoms with Crippen LogP contribution in [0.1, 0.15) is 39.7 Å². The molecular weight excluding hydrogens is 300 g/mol. The number of esters is 1. The van der Waals surface area contributed by atoms with Crippen molar-refractivity contribution in [3.63, 3.8) is 0 Å². The number of ether oxygens (including phenoxy) is 1. The number of carbonyl (C=O) groups is 1. The smallest absolute Gasteiger partial charge is 0.309 e. The van der Waals surface area contributed by atoms with Gasteiger partial charge in [0.25, 0.3) is 0 Å². The Bertz CT molecular complexity index is 581. The molecule has 0 radical (unpaired) electrons. The fourth-order valence-corrected chi connectivity index (χ4v) is 4.28. The summed E-state index contributed by atoms with van der Waals surface area (Å²) in [4.78, 5) is 12.1. The maximum absolute atomic E-state index is 12.1. The maximum Gasteiger partial charge on any atom is 0.309 e. The van der Waals surface area contributed by atoms with Crippen molar-refractivity contribution < 1.29 is 9.53 Å². The molecule has 0 spiro atoms. The van der Waals surface area contributed by atoms with Gasteiger partial charge in [-0.3, -0.25) is 4.79 Å². The van der Waals surface area contributed by atoms with E-state index in [1.165, 1.54) is 11.1 Å². The third kappa shape index (κ3) is 4.14. The molecule has 0 aliphatic heterocycles. The predicted octanol–water partition coefficient (Wildman–Crippen LogP) is 5.32. The molecule has 0 unspecified atom stereocenters. The maximum atomic E-state index is 12.1. The van der Waals surface area contributed by atoms with Crippen molar-refractivity contribution in [2.75, 3.05) is 6.61 Å².